The second-order valence-corrected chi connectivity index (χ2v) is 5.49. The van der Waals surface area contributed by atoms with Crippen LogP contribution in [0.5, 0.6) is 5.75 Å². The van der Waals surface area contributed by atoms with Crippen LogP contribution in [-0.4, -0.2) is 30.6 Å². The standard InChI is InChI=1S/C13H17ClN2O2/c1-13(4-5-15-7-13)8-16-12(18)10-6-9(17)2-3-11(10)14/h2-3,6,15,17H,4-5,7-8H2,1H3,(H,16,18). The van der Waals surface area contributed by atoms with Gasteiger partial charge in [-0.25, -0.2) is 0 Å². The molecule has 0 saturated carbocycles. The number of phenols is 1. The van der Waals surface area contributed by atoms with Crippen LogP contribution in [0.25, 0.3) is 0 Å². The highest BCUT2D eigenvalue weighted by atomic mass is 35.5. The van der Waals surface area contributed by atoms with E-state index in [1.54, 1.807) is 0 Å². The molecule has 2 rings (SSSR count). The first-order chi connectivity index (χ1) is 8.50. The van der Waals surface area contributed by atoms with E-state index in [2.05, 4.69) is 17.6 Å². The van der Waals surface area contributed by atoms with Crippen molar-refractivity contribution in [2.75, 3.05) is 19.6 Å². The highest BCUT2D eigenvalue weighted by molar-refractivity contribution is 6.33. The second-order valence-electron chi connectivity index (χ2n) is 5.08. The van der Waals surface area contributed by atoms with Crippen molar-refractivity contribution in [3.63, 3.8) is 0 Å². The molecule has 0 radical (unpaired) electrons. The highest BCUT2D eigenvalue weighted by Crippen LogP contribution is 2.24. The summed E-state index contributed by atoms with van der Waals surface area (Å²) in [5, 5.41) is 15.9. The lowest BCUT2D eigenvalue weighted by molar-refractivity contribution is 0.0936. The molecule has 1 atom stereocenters. The Labute approximate surface area is 111 Å². The predicted molar refractivity (Wildman–Crippen MR) is 71.0 cm³/mol. The smallest absolute Gasteiger partial charge is 0.252 e. The summed E-state index contributed by atoms with van der Waals surface area (Å²) in [5.74, 6) is -0.206. The number of carbonyl (C=O) groups excluding carboxylic acids is 1. The van der Waals surface area contributed by atoms with Gasteiger partial charge in [-0.05, 0) is 36.6 Å². The highest BCUT2D eigenvalue weighted by Gasteiger charge is 2.29. The molecule has 1 unspecified atom stereocenters. The molecule has 1 amide bonds. The van der Waals surface area contributed by atoms with Crippen LogP contribution >= 0.6 is 11.6 Å². The topological polar surface area (TPSA) is 61.4 Å². The average Bonchev–Trinajstić information content (AvgIpc) is 2.77. The summed E-state index contributed by atoms with van der Waals surface area (Å²) >= 11 is 5.94. The van der Waals surface area contributed by atoms with Gasteiger partial charge in [-0.1, -0.05) is 18.5 Å². The van der Waals surface area contributed by atoms with E-state index in [9.17, 15) is 9.90 Å². The Bertz CT molecular complexity index is 456. The zero-order valence-corrected chi connectivity index (χ0v) is 11.0. The van der Waals surface area contributed by atoms with Gasteiger partial charge in [0.2, 0.25) is 0 Å². The molecule has 1 aromatic carbocycles. The number of amides is 1. The number of benzene rings is 1. The lowest BCUT2D eigenvalue weighted by Gasteiger charge is -2.22. The van der Waals surface area contributed by atoms with Gasteiger partial charge >= 0.3 is 0 Å². The SMILES string of the molecule is CC1(CNC(=O)c2cc(O)ccc2Cl)CCNC1. The Morgan fingerprint density at radius 2 is 2.39 bits per heavy atom. The van der Waals surface area contributed by atoms with Crippen molar-refractivity contribution in [3.05, 3.63) is 28.8 Å². The van der Waals surface area contributed by atoms with Crippen LogP contribution in [-0.2, 0) is 0 Å². The van der Waals surface area contributed by atoms with E-state index in [-0.39, 0.29) is 17.1 Å². The molecule has 1 fully saturated rings. The minimum absolute atomic E-state index is 0.0401. The molecule has 1 saturated heterocycles. The first kappa shape index (κ1) is 13.2. The van der Waals surface area contributed by atoms with E-state index < -0.39 is 0 Å². The van der Waals surface area contributed by atoms with Gasteiger partial charge in [0.1, 0.15) is 5.75 Å². The minimum atomic E-state index is -0.246. The fraction of sp³-hybridized carbons (Fsp3) is 0.462. The number of hydrogen-bond acceptors (Lipinski definition) is 3. The van der Waals surface area contributed by atoms with E-state index in [0.29, 0.717) is 17.1 Å². The average molecular weight is 269 g/mol. The van der Waals surface area contributed by atoms with Gasteiger partial charge in [-0.3, -0.25) is 4.79 Å². The van der Waals surface area contributed by atoms with Gasteiger partial charge in [-0.15, -0.1) is 0 Å². The van der Waals surface area contributed by atoms with Crippen molar-refractivity contribution in [2.45, 2.75) is 13.3 Å². The summed E-state index contributed by atoms with van der Waals surface area (Å²) in [5.41, 5.74) is 0.408. The molecule has 18 heavy (non-hydrogen) atoms. The number of nitrogens with one attached hydrogen (secondary N) is 2. The molecule has 5 heteroatoms. The zero-order chi connectivity index (χ0) is 13.2. The van der Waals surface area contributed by atoms with Crippen molar-refractivity contribution < 1.29 is 9.90 Å². The maximum Gasteiger partial charge on any atom is 0.252 e. The molecule has 1 aromatic rings. The van der Waals surface area contributed by atoms with Gasteiger partial charge in [0.05, 0.1) is 10.6 Å². The number of hydrogen-bond donors (Lipinski definition) is 3. The van der Waals surface area contributed by atoms with Gasteiger partial charge in [0.15, 0.2) is 0 Å². The van der Waals surface area contributed by atoms with Crippen LogP contribution in [0, 0.1) is 5.41 Å². The number of halogens is 1. The van der Waals surface area contributed by atoms with Crippen LogP contribution in [0.1, 0.15) is 23.7 Å². The Hall–Kier alpha value is -1.26. The van der Waals surface area contributed by atoms with Crippen molar-refractivity contribution in [3.8, 4) is 5.75 Å². The largest absolute Gasteiger partial charge is 0.508 e. The Morgan fingerprint density at radius 1 is 1.61 bits per heavy atom. The third-order valence-corrected chi connectivity index (χ3v) is 3.66. The monoisotopic (exact) mass is 268 g/mol. The van der Waals surface area contributed by atoms with Crippen LogP contribution in [0.2, 0.25) is 5.02 Å². The zero-order valence-electron chi connectivity index (χ0n) is 10.3. The van der Waals surface area contributed by atoms with E-state index in [0.717, 1.165) is 19.5 Å². The molecule has 0 aromatic heterocycles. The van der Waals surface area contributed by atoms with E-state index in [1.807, 2.05) is 0 Å². The third kappa shape index (κ3) is 2.94. The van der Waals surface area contributed by atoms with Crippen LogP contribution in [0.15, 0.2) is 18.2 Å². The molecular weight excluding hydrogens is 252 g/mol. The number of aromatic hydroxyl groups is 1. The summed E-state index contributed by atoms with van der Waals surface area (Å²) in [7, 11) is 0. The van der Waals surface area contributed by atoms with Crippen molar-refractivity contribution in [1.82, 2.24) is 10.6 Å². The first-order valence-corrected chi connectivity index (χ1v) is 6.35. The molecule has 98 valence electrons. The van der Waals surface area contributed by atoms with Crippen LogP contribution in [0.3, 0.4) is 0 Å². The fourth-order valence-corrected chi connectivity index (χ4v) is 2.30. The van der Waals surface area contributed by atoms with Gasteiger partial charge in [0.25, 0.3) is 5.91 Å². The summed E-state index contributed by atoms with van der Waals surface area (Å²) < 4.78 is 0. The fourth-order valence-electron chi connectivity index (χ4n) is 2.10. The first-order valence-electron chi connectivity index (χ1n) is 5.98. The molecule has 4 nitrogen and oxygen atoms in total. The maximum absolute atomic E-state index is 12.0. The number of phenolic OH excluding ortho intramolecular Hbond substituents is 1. The van der Waals surface area contributed by atoms with Gasteiger partial charge in [-0.2, -0.15) is 0 Å². The van der Waals surface area contributed by atoms with Gasteiger partial charge in [0, 0.05) is 13.1 Å². The maximum atomic E-state index is 12.0. The minimum Gasteiger partial charge on any atom is -0.508 e. The van der Waals surface area contributed by atoms with Crippen molar-refractivity contribution in [2.24, 2.45) is 5.41 Å². The number of carbonyl (C=O) groups is 1. The molecule has 3 N–H and O–H groups in total. The van der Waals surface area contributed by atoms with Crippen LogP contribution < -0.4 is 10.6 Å². The number of rotatable bonds is 3. The van der Waals surface area contributed by atoms with Crippen LogP contribution in [0.4, 0.5) is 0 Å². The molecule has 0 spiro atoms. The summed E-state index contributed by atoms with van der Waals surface area (Å²) in [4.78, 5) is 12.0. The predicted octanol–water partition coefficient (Wildman–Crippen LogP) is 1.77. The quantitative estimate of drug-likeness (QED) is 0.783. The van der Waals surface area contributed by atoms with Crippen molar-refractivity contribution >= 4 is 17.5 Å². The Kier molecular flexibility index (Phi) is 3.78. The lowest BCUT2D eigenvalue weighted by atomic mass is 9.90. The van der Waals surface area contributed by atoms with Gasteiger partial charge < -0.3 is 15.7 Å². The normalized spacial score (nSPS) is 23.0. The molecule has 1 aliphatic heterocycles. The van der Waals surface area contributed by atoms with E-state index >= 15 is 0 Å². The molecule has 0 aliphatic carbocycles. The second kappa shape index (κ2) is 5.16. The Balaban J connectivity index is 2.01. The molecule has 1 aliphatic rings. The summed E-state index contributed by atoms with van der Waals surface area (Å²) in [6.45, 7) is 4.63. The summed E-state index contributed by atoms with van der Waals surface area (Å²) in [6.07, 6.45) is 1.04. The van der Waals surface area contributed by atoms with E-state index in [1.165, 1.54) is 18.2 Å². The Morgan fingerprint density at radius 3 is 3.06 bits per heavy atom. The van der Waals surface area contributed by atoms with E-state index in [4.69, 9.17) is 11.6 Å². The van der Waals surface area contributed by atoms with Crippen molar-refractivity contribution in [1.29, 1.82) is 0 Å². The molecule has 1 heterocycles. The third-order valence-electron chi connectivity index (χ3n) is 3.33. The molecule has 0 bridgehead atoms. The summed E-state index contributed by atoms with van der Waals surface area (Å²) in [6, 6.07) is 4.36. The lowest BCUT2D eigenvalue weighted by Crippen LogP contribution is -2.37. The molecular formula is C13H17ClN2O2.